The molecule has 1 saturated carbocycles. The number of nitrogens with one attached hydrogen (secondary N) is 1. The highest BCUT2D eigenvalue weighted by atomic mass is 16.5. The van der Waals surface area contributed by atoms with E-state index in [1.165, 1.54) is 49.8 Å². The normalized spacial score (nSPS) is 22.8. The lowest BCUT2D eigenvalue weighted by atomic mass is 9.91. The van der Waals surface area contributed by atoms with Crippen molar-refractivity contribution in [3.8, 4) is 5.75 Å². The highest BCUT2D eigenvalue weighted by Gasteiger charge is 2.26. The van der Waals surface area contributed by atoms with E-state index in [0.29, 0.717) is 5.92 Å². The Morgan fingerprint density at radius 1 is 1.22 bits per heavy atom. The number of anilines is 1. The van der Waals surface area contributed by atoms with Crippen molar-refractivity contribution in [1.29, 1.82) is 0 Å². The molecule has 1 aromatic carbocycles. The first-order valence-corrected chi connectivity index (χ1v) is 7.29. The van der Waals surface area contributed by atoms with Crippen molar-refractivity contribution in [2.75, 3.05) is 19.0 Å². The Kier molecular flexibility index (Phi) is 3.44. The molecule has 0 radical (unpaired) electrons. The minimum atomic E-state index is 0.690. The summed E-state index contributed by atoms with van der Waals surface area (Å²) in [5.41, 5.74) is 2.70. The van der Waals surface area contributed by atoms with Crippen LogP contribution in [0.2, 0.25) is 0 Å². The van der Waals surface area contributed by atoms with E-state index in [4.69, 9.17) is 4.74 Å². The van der Waals surface area contributed by atoms with Crippen molar-refractivity contribution in [3.05, 3.63) is 23.8 Å². The minimum Gasteiger partial charge on any atom is -0.495 e. The van der Waals surface area contributed by atoms with Crippen LogP contribution in [0.15, 0.2) is 18.2 Å². The zero-order valence-corrected chi connectivity index (χ0v) is 11.2. The van der Waals surface area contributed by atoms with Gasteiger partial charge in [0.25, 0.3) is 0 Å². The summed E-state index contributed by atoms with van der Waals surface area (Å²) in [6.07, 6.45) is 8.58. The average molecular weight is 245 g/mol. The molecule has 1 fully saturated rings. The third-order valence-electron chi connectivity index (χ3n) is 4.64. The van der Waals surface area contributed by atoms with E-state index in [0.717, 1.165) is 18.2 Å². The number of rotatable bonds is 4. The van der Waals surface area contributed by atoms with Gasteiger partial charge in [0.05, 0.1) is 12.8 Å². The topological polar surface area (TPSA) is 21.3 Å². The third kappa shape index (κ3) is 2.21. The SMILES string of the molecule is COc1cccc2c1NCC2CCC1CCCC1. The third-order valence-corrected chi connectivity index (χ3v) is 4.64. The maximum absolute atomic E-state index is 5.42. The number of ether oxygens (including phenoxy) is 1. The summed E-state index contributed by atoms with van der Waals surface area (Å²) >= 11 is 0. The zero-order valence-electron chi connectivity index (χ0n) is 11.2. The van der Waals surface area contributed by atoms with Crippen LogP contribution < -0.4 is 10.1 Å². The van der Waals surface area contributed by atoms with Crippen LogP contribution in [0.5, 0.6) is 5.75 Å². The lowest BCUT2D eigenvalue weighted by Crippen LogP contribution is -2.04. The minimum absolute atomic E-state index is 0.690. The Morgan fingerprint density at radius 3 is 2.83 bits per heavy atom. The van der Waals surface area contributed by atoms with E-state index < -0.39 is 0 Å². The lowest BCUT2D eigenvalue weighted by Gasteiger charge is -2.14. The number of fused-ring (bicyclic) bond motifs is 1. The van der Waals surface area contributed by atoms with Gasteiger partial charge in [0.15, 0.2) is 0 Å². The molecule has 1 unspecified atom stereocenters. The maximum Gasteiger partial charge on any atom is 0.142 e. The summed E-state index contributed by atoms with van der Waals surface area (Å²) in [6.45, 7) is 1.09. The van der Waals surface area contributed by atoms with Crippen molar-refractivity contribution >= 4 is 5.69 Å². The van der Waals surface area contributed by atoms with E-state index in [2.05, 4.69) is 17.4 Å². The Hall–Kier alpha value is -1.18. The highest BCUT2D eigenvalue weighted by molar-refractivity contribution is 5.66. The summed E-state index contributed by atoms with van der Waals surface area (Å²) in [5, 5.41) is 3.52. The summed E-state index contributed by atoms with van der Waals surface area (Å²) in [7, 11) is 1.75. The molecule has 1 N–H and O–H groups in total. The van der Waals surface area contributed by atoms with E-state index in [-0.39, 0.29) is 0 Å². The molecule has 0 amide bonds. The lowest BCUT2D eigenvalue weighted by molar-refractivity contribution is 0.416. The van der Waals surface area contributed by atoms with Gasteiger partial charge < -0.3 is 10.1 Å². The first-order chi connectivity index (χ1) is 8.88. The van der Waals surface area contributed by atoms with Crippen LogP contribution in [0.4, 0.5) is 5.69 Å². The predicted molar refractivity (Wildman–Crippen MR) is 75.4 cm³/mol. The molecule has 2 aliphatic rings. The summed E-state index contributed by atoms with van der Waals surface area (Å²) in [5.74, 6) is 2.69. The van der Waals surface area contributed by atoms with E-state index in [1.54, 1.807) is 7.11 Å². The first-order valence-electron chi connectivity index (χ1n) is 7.29. The second kappa shape index (κ2) is 5.21. The van der Waals surface area contributed by atoms with Gasteiger partial charge in [0, 0.05) is 12.5 Å². The molecule has 0 saturated heterocycles. The standard InChI is InChI=1S/C16H23NO/c1-18-15-8-4-7-14-13(11-17-16(14)15)10-9-12-5-2-3-6-12/h4,7-8,12-13,17H,2-3,5-6,9-11H2,1H3. The number of para-hydroxylation sites is 1. The van der Waals surface area contributed by atoms with Crippen LogP contribution in [-0.2, 0) is 0 Å². The molecule has 1 aliphatic carbocycles. The van der Waals surface area contributed by atoms with Gasteiger partial charge in [-0.05, 0) is 30.4 Å². The molecular weight excluding hydrogens is 222 g/mol. The fourth-order valence-electron chi connectivity index (χ4n) is 3.58. The second-order valence-corrected chi connectivity index (χ2v) is 5.73. The van der Waals surface area contributed by atoms with E-state index in [1.807, 2.05) is 6.07 Å². The average Bonchev–Trinajstić information content (AvgIpc) is 3.05. The van der Waals surface area contributed by atoms with Crippen LogP contribution in [-0.4, -0.2) is 13.7 Å². The molecule has 98 valence electrons. The Morgan fingerprint density at radius 2 is 2.06 bits per heavy atom. The Balaban J connectivity index is 1.66. The molecule has 1 atom stereocenters. The summed E-state index contributed by atoms with van der Waals surface area (Å²) in [4.78, 5) is 0. The van der Waals surface area contributed by atoms with Gasteiger partial charge in [0.2, 0.25) is 0 Å². The van der Waals surface area contributed by atoms with E-state index in [9.17, 15) is 0 Å². The molecule has 1 aliphatic heterocycles. The van der Waals surface area contributed by atoms with Crippen LogP contribution >= 0.6 is 0 Å². The summed E-state index contributed by atoms with van der Waals surface area (Å²) < 4.78 is 5.42. The quantitative estimate of drug-likeness (QED) is 0.859. The number of benzene rings is 1. The van der Waals surface area contributed by atoms with Crippen molar-refractivity contribution in [1.82, 2.24) is 0 Å². The predicted octanol–water partition coefficient (Wildman–Crippen LogP) is 4.17. The molecule has 2 heteroatoms. The van der Waals surface area contributed by atoms with Crippen LogP contribution in [0.3, 0.4) is 0 Å². The van der Waals surface area contributed by atoms with Gasteiger partial charge in [-0.1, -0.05) is 37.8 Å². The largest absolute Gasteiger partial charge is 0.495 e. The molecule has 1 aromatic rings. The number of hydrogen-bond donors (Lipinski definition) is 1. The number of methoxy groups -OCH3 is 1. The summed E-state index contributed by atoms with van der Waals surface area (Å²) in [6, 6.07) is 6.43. The maximum atomic E-state index is 5.42. The van der Waals surface area contributed by atoms with E-state index >= 15 is 0 Å². The monoisotopic (exact) mass is 245 g/mol. The smallest absolute Gasteiger partial charge is 0.142 e. The fourth-order valence-corrected chi connectivity index (χ4v) is 3.58. The molecule has 0 spiro atoms. The van der Waals surface area contributed by atoms with Crippen molar-refractivity contribution in [2.24, 2.45) is 5.92 Å². The molecule has 3 rings (SSSR count). The molecule has 1 heterocycles. The van der Waals surface area contributed by atoms with Gasteiger partial charge >= 0.3 is 0 Å². The van der Waals surface area contributed by atoms with Crippen LogP contribution in [0.1, 0.15) is 50.0 Å². The first kappa shape index (κ1) is 11.9. The van der Waals surface area contributed by atoms with Gasteiger partial charge in [-0.25, -0.2) is 0 Å². The molecule has 0 bridgehead atoms. The second-order valence-electron chi connectivity index (χ2n) is 5.73. The van der Waals surface area contributed by atoms with Crippen molar-refractivity contribution in [2.45, 2.75) is 44.4 Å². The highest BCUT2D eigenvalue weighted by Crippen LogP contribution is 2.41. The van der Waals surface area contributed by atoms with Gasteiger partial charge in [-0.3, -0.25) is 0 Å². The van der Waals surface area contributed by atoms with Gasteiger partial charge in [-0.2, -0.15) is 0 Å². The molecule has 18 heavy (non-hydrogen) atoms. The molecule has 0 aromatic heterocycles. The van der Waals surface area contributed by atoms with Crippen LogP contribution in [0.25, 0.3) is 0 Å². The van der Waals surface area contributed by atoms with Crippen molar-refractivity contribution < 1.29 is 4.74 Å². The Bertz CT molecular complexity index is 410. The molecular formula is C16H23NO. The Labute approximate surface area is 110 Å². The fraction of sp³-hybridized carbons (Fsp3) is 0.625. The number of hydrogen-bond acceptors (Lipinski definition) is 2. The molecule has 2 nitrogen and oxygen atoms in total. The van der Waals surface area contributed by atoms with Crippen molar-refractivity contribution in [3.63, 3.8) is 0 Å². The van der Waals surface area contributed by atoms with Gasteiger partial charge in [-0.15, -0.1) is 0 Å². The zero-order chi connectivity index (χ0) is 12.4. The van der Waals surface area contributed by atoms with Crippen LogP contribution in [0, 0.1) is 5.92 Å². The van der Waals surface area contributed by atoms with Gasteiger partial charge in [0.1, 0.15) is 5.75 Å².